The van der Waals surface area contributed by atoms with Crippen LogP contribution in [-0.2, 0) is 32.1 Å². The molecule has 1 amide bonds. The van der Waals surface area contributed by atoms with Crippen molar-refractivity contribution in [2.45, 2.75) is 31.9 Å². The highest BCUT2D eigenvalue weighted by atomic mass is 19.1. The first-order valence-corrected chi connectivity index (χ1v) is 8.26. The molecule has 0 saturated carbocycles. The number of hydrogen-bond donors (Lipinski definition) is 1. The smallest absolute Gasteiger partial charge is 0.329 e. The Morgan fingerprint density at radius 3 is 2.38 bits per heavy atom. The van der Waals surface area contributed by atoms with Gasteiger partial charge in [0, 0.05) is 12.8 Å². The molecule has 0 spiro atoms. The highest BCUT2D eigenvalue weighted by molar-refractivity contribution is 5.86. The number of benzene rings is 2. The molecule has 2 aromatic carbocycles. The van der Waals surface area contributed by atoms with Crippen LogP contribution in [0.1, 0.15) is 24.0 Å². The van der Waals surface area contributed by atoms with Gasteiger partial charge in [-0.2, -0.15) is 0 Å². The predicted octanol–water partition coefficient (Wildman–Crippen LogP) is 2.58. The van der Waals surface area contributed by atoms with Crippen molar-refractivity contribution in [2.24, 2.45) is 0 Å². The van der Waals surface area contributed by atoms with Crippen LogP contribution in [-0.4, -0.2) is 24.2 Å². The molecule has 1 unspecified atom stereocenters. The molecule has 6 heteroatoms. The molecule has 0 aromatic heterocycles. The van der Waals surface area contributed by atoms with Gasteiger partial charge >= 0.3 is 5.97 Å². The van der Waals surface area contributed by atoms with Gasteiger partial charge in [-0.3, -0.25) is 4.79 Å². The van der Waals surface area contributed by atoms with E-state index in [0.29, 0.717) is 12.7 Å². The van der Waals surface area contributed by atoms with Gasteiger partial charge < -0.3 is 14.8 Å². The first-order valence-electron chi connectivity index (χ1n) is 8.26. The summed E-state index contributed by atoms with van der Waals surface area (Å²) >= 11 is 0. The predicted molar refractivity (Wildman–Crippen MR) is 93.6 cm³/mol. The number of rotatable bonds is 9. The van der Waals surface area contributed by atoms with Gasteiger partial charge in [-0.15, -0.1) is 0 Å². The zero-order valence-corrected chi connectivity index (χ0v) is 14.2. The number of esters is 1. The zero-order chi connectivity index (χ0) is 18.8. The normalized spacial score (nSPS) is 11.4. The van der Waals surface area contributed by atoms with Gasteiger partial charge in [0.15, 0.2) is 0 Å². The number of aldehydes is 1. The van der Waals surface area contributed by atoms with Gasteiger partial charge in [-0.05, 0) is 29.7 Å². The molecule has 1 N–H and O–H groups in total. The number of hydrogen-bond acceptors (Lipinski definition) is 4. The van der Waals surface area contributed by atoms with Crippen molar-refractivity contribution in [1.29, 1.82) is 0 Å². The number of ether oxygens (including phenoxy) is 1. The second kappa shape index (κ2) is 10.1. The van der Waals surface area contributed by atoms with Crippen molar-refractivity contribution < 1.29 is 23.5 Å². The zero-order valence-electron chi connectivity index (χ0n) is 14.2. The quantitative estimate of drug-likeness (QED) is 0.553. The van der Waals surface area contributed by atoms with E-state index in [4.69, 9.17) is 4.74 Å². The van der Waals surface area contributed by atoms with Crippen molar-refractivity contribution in [1.82, 2.24) is 5.32 Å². The van der Waals surface area contributed by atoms with E-state index >= 15 is 0 Å². The topological polar surface area (TPSA) is 72.5 Å². The van der Waals surface area contributed by atoms with Gasteiger partial charge in [-0.1, -0.05) is 42.5 Å². The van der Waals surface area contributed by atoms with Gasteiger partial charge in [0.2, 0.25) is 5.91 Å². The van der Waals surface area contributed by atoms with Crippen LogP contribution in [0.5, 0.6) is 0 Å². The fourth-order valence-corrected chi connectivity index (χ4v) is 2.32. The number of carbonyl (C=O) groups excluding carboxylic acids is 3. The molecule has 0 heterocycles. The molecule has 5 nitrogen and oxygen atoms in total. The summed E-state index contributed by atoms with van der Waals surface area (Å²) in [5, 5.41) is 2.52. The third-order valence-electron chi connectivity index (χ3n) is 3.73. The Balaban J connectivity index is 1.83. The van der Waals surface area contributed by atoms with E-state index < -0.39 is 12.0 Å². The first kappa shape index (κ1) is 19.3. The summed E-state index contributed by atoms with van der Waals surface area (Å²) in [7, 11) is 0. The maximum atomic E-state index is 12.9. The summed E-state index contributed by atoms with van der Waals surface area (Å²) in [6.07, 6.45) is 0.927. The van der Waals surface area contributed by atoms with Crippen molar-refractivity contribution in [3.8, 4) is 0 Å². The average Bonchev–Trinajstić information content (AvgIpc) is 2.66. The number of nitrogens with one attached hydrogen (secondary N) is 1. The first-order chi connectivity index (χ1) is 12.6. The molecule has 136 valence electrons. The minimum Gasteiger partial charge on any atom is -0.459 e. The van der Waals surface area contributed by atoms with Crippen LogP contribution >= 0.6 is 0 Å². The number of halogens is 1. The highest BCUT2D eigenvalue weighted by Crippen LogP contribution is 2.07. The van der Waals surface area contributed by atoms with Crippen LogP contribution in [0.4, 0.5) is 4.39 Å². The Labute approximate surface area is 151 Å². The monoisotopic (exact) mass is 357 g/mol. The van der Waals surface area contributed by atoms with E-state index in [1.807, 2.05) is 30.3 Å². The second-order valence-corrected chi connectivity index (χ2v) is 5.74. The van der Waals surface area contributed by atoms with Crippen molar-refractivity contribution in [3.63, 3.8) is 0 Å². The van der Waals surface area contributed by atoms with Gasteiger partial charge in [0.05, 0.1) is 0 Å². The molecular weight excluding hydrogens is 337 g/mol. The summed E-state index contributed by atoms with van der Waals surface area (Å²) < 4.78 is 18.0. The van der Waals surface area contributed by atoms with Crippen LogP contribution in [0.3, 0.4) is 0 Å². The molecular formula is C20H20FNO4. The highest BCUT2D eigenvalue weighted by Gasteiger charge is 2.21. The third kappa shape index (κ3) is 6.47. The summed E-state index contributed by atoms with van der Waals surface area (Å²) in [6, 6.07) is 13.9. The molecule has 0 saturated heterocycles. The molecule has 0 aliphatic carbocycles. The van der Waals surface area contributed by atoms with Crippen molar-refractivity contribution >= 4 is 18.2 Å². The average molecular weight is 357 g/mol. The molecule has 0 bridgehead atoms. The lowest BCUT2D eigenvalue weighted by atomic mass is 10.1. The second-order valence-electron chi connectivity index (χ2n) is 5.74. The van der Waals surface area contributed by atoms with E-state index in [2.05, 4.69) is 5.32 Å². The summed E-state index contributed by atoms with van der Waals surface area (Å²) in [5.41, 5.74) is 1.62. The Morgan fingerprint density at radius 1 is 1.04 bits per heavy atom. The molecule has 26 heavy (non-hydrogen) atoms. The van der Waals surface area contributed by atoms with Crippen LogP contribution in [0.15, 0.2) is 54.6 Å². The largest absolute Gasteiger partial charge is 0.459 e. The van der Waals surface area contributed by atoms with Crippen LogP contribution in [0, 0.1) is 5.82 Å². The molecule has 0 radical (unpaired) electrons. The lowest BCUT2D eigenvalue weighted by Crippen LogP contribution is -2.42. The molecule has 0 fully saturated rings. The minimum absolute atomic E-state index is 0.0699. The Hall–Kier alpha value is -3.02. The molecule has 0 aliphatic rings. The summed E-state index contributed by atoms with van der Waals surface area (Å²) in [6.45, 7) is 0.0699. The van der Waals surface area contributed by atoms with Crippen molar-refractivity contribution in [3.05, 3.63) is 71.5 Å². The maximum absolute atomic E-state index is 12.9. The van der Waals surface area contributed by atoms with Gasteiger partial charge in [0.25, 0.3) is 0 Å². The Bertz CT molecular complexity index is 731. The Kier molecular flexibility index (Phi) is 7.49. The van der Waals surface area contributed by atoms with Crippen molar-refractivity contribution in [2.75, 3.05) is 0 Å². The van der Waals surface area contributed by atoms with E-state index in [-0.39, 0.29) is 31.2 Å². The standard InChI is InChI=1S/C20H20FNO4/c21-17-9-6-15(7-10-17)8-11-19(24)22-18(12-13-23)20(25)26-14-16-4-2-1-3-5-16/h1-7,9-10,13,18H,8,11-12,14H2,(H,22,24). The van der Waals surface area contributed by atoms with E-state index in [1.54, 1.807) is 12.1 Å². The van der Waals surface area contributed by atoms with E-state index in [1.165, 1.54) is 12.1 Å². The SMILES string of the molecule is O=CCC(NC(=O)CCc1ccc(F)cc1)C(=O)OCc1ccccc1. The fraction of sp³-hybridized carbons (Fsp3) is 0.250. The van der Waals surface area contributed by atoms with Crippen LogP contribution in [0.25, 0.3) is 0 Å². The number of aryl methyl sites for hydroxylation is 1. The maximum Gasteiger partial charge on any atom is 0.329 e. The molecule has 2 rings (SSSR count). The summed E-state index contributed by atoms with van der Waals surface area (Å²) in [5.74, 6) is -1.38. The van der Waals surface area contributed by atoms with Crippen LogP contribution in [0.2, 0.25) is 0 Å². The lowest BCUT2D eigenvalue weighted by Gasteiger charge is -2.15. The molecule has 2 aromatic rings. The van der Waals surface area contributed by atoms with E-state index in [9.17, 15) is 18.8 Å². The number of carbonyl (C=O) groups is 3. The van der Waals surface area contributed by atoms with Gasteiger partial charge in [0.1, 0.15) is 24.8 Å². The Morgan fingerprint density at radius 2 is 1.73 bits per heavy atom. The summed E-state index contributed by atoms with van der Waals surface area (Å²) in [4.78, 5) is 34.9. The molecule has 0 aliphatic heterocycles. The lowest BCUT2D eigenvalue weighted by molar-refractivity contribution is -0.149. The van der Waals surface area contributed by atoms with Gasteiger partial charge in [-0.25, -0.2) is 9.18 Å². The molecule has 1 atom stereocenters. The fourth-order valence-electron chi connectivity index (χ4n) is 2.32. The van der Waals surface area contributed by atoms with Crippen LogP contribution < -0.4 is 5.32 Å². The third-order valence-corrected chi connectivity index (χ3v) is 3.73. The van der Waals surface area contributed by atoms with E-state index in [0.717, 1.165) is 11.1 Å². The minimum atomic E-state index is -1.02. The number of amides is 1.